The molecule has 2 unspecified atom stereocenters. The summed E-state index contributed by atoms with van der Waals surface area (Å²) in [5, 5.41) is 2.58. The highest BCUT2D eigenvalue weighted by atomic mass is 32.2. The van der Waals surface area contributed by atoms with Gasteiger partial charge in [0, 0.05) is 62.6 Å². The van der Waals surface area contributed by atoms with Crippen molar-refractivity contribution in [2.75, 3.05) is 44.2 Å². The normalized spacial score (nSPS) is 32.3. The van der Waals surface area contributed by atoms with E-state index in [4.69, 9.17) is 0 Å². The molecule has 1 spiro atoms. The molecule has 25 heavy (non-hydrogen) atoms. The van der Waals surface area contributed by atoms with Gasteiger partial charge in [-0.15, -0.1) is 23.5 Å². The van der Waals surface area contributed by atoms with Crippen LogP contribution in [0.2, 0.25) is 0 Å². The summed E-state index contributed by atoms with van der Waals surface area (Å²) in [6.45, 7) is 7.30. The van der Waals surface area contributed by atoms with Crippen molar-refractivity contribution in [2.24, 2.45) is 17.8 Å². The first kappa shape index (κ1) is 16.9. The van der Waals surface area contributed by atoms with Crippen LogP contribution in [0.25, 0.3) is 0 Å². The van der Waals surface area contributed by atoms with Crippen molar-refractivity contribution in [2.45, 2.75) is 23.5 Å². The largest absolute Gasteiger partial charge is 0.298 e. The van der Waals surface area contributed by atoms with E-state index in [0.29, 0.717) is 4.08 Å². The molecule has 3 aliphatic heterocycles. The number of rotatable bonds is 5. The first-order valence-corrected chi connectivity index (χ1v) is 11.8. The van der Waals surface area contributed by atoms with E-state index < -0.39 is 0 Å². The fourth-order valence-electron chi connectivity index (χ4n) is 4.86. The third-order valence-electron chi connectivity index (χ3n) is 6.26. The number of piperidine rings is 2. The molecule has 4 aliphatic rings. The number of benzene rings is 1. The van der Waals surface area contributed by atoms with Crippen molar-refractivity contribution >= 4 is 23.5 Å². The van der Waals surface area contributed by atoms with Gasteiger partial charge in [-0.1, -0.05) is 30.3 Å². The average molecular weight is 376 g/mol. The van der Waals surface area contributed by atoms with Crippen LogP contribution in [-0.2, 0) is 6.54 Å². The average Bonchev–Trinajstić information content (AvgIpc) is 3.32. The zero-order chi connectivity index (χ0) is 16.7. The lowest BCUT2D eigenvalue weighted by atomic mass is 9.83. The van der Waals surface area contributed by atoms with Crippen LogP contribution in [0.1, 0.15) is 18.4 Å². The monoisotopic (exact) mass is 375 g/mol. The molecule has 136 valence electrons. The molecule has 1 aromatic carbocycles. The molecular weight excluding hydrogens is 346 g/mol. The second kappa shape index (κ2) is 7.08. The van der Waals surface area contributed by atoms with Crippen LogP contribution < -0.4 is 5.43 Å². The molecule has 1 aromatic rings. The van der Waals surface area contributed by atoms with Gasteiger partial charge in [-0.2, -0.15) is 0 Å². The zero-order valence-corrected chi connectivity index (χ0v) is 16.5. The lowest BCUT2D eigenvalue weighted by Gasteiger charge is -2.56. The Labute approximate surface area is 160 Å². The number of nitrogens with zero attached hydrogens (tertiary/aromatic N) is 2. The molecule has 0 radical (unpaired) electrons. The maximum atomic E-state index is 3.78. The van der Waals surface area contributed by atoms with Crippen LogP contribution in [0.4, 0.5) is 0 Å². The van der Waals surface area contributed by atoms with Gasteiger partial charge in [-0.05, 0) is 24.3 Å². The van der Waals surface area contributed by atoms with E-state index in [2.05, 4.69) is 69.2 Å². The highest BCUT2D eigenvalue weighted by Crippen LogP contribution is 2.58. The summed E-state index contributed by atoms with van der Waals surface area (Å²) in [5.41, 5.74) is 5.24. The molecule has 5 heteroatoms. The minimum atomic E-state index is 0.505. The van der Waals surface area contributed by atoms with E-state index in [1.54, 1.807) is 0 Å². The summed E-state index contributed by atoms with van der Waals surface area (Å²) in [6, 6.07) is 11.0. The maximum Gasteiger partial charge on any atom is 0.0717 e. The van der Waals surface area contributed by atoms with Gasteiger partial charge >= 0.3 is 0 Å². The SMILES string of the molecule is c1ccc(CN2CC3CN(NCC4CC4)CC(C2)C32SCCS2)cc1. The summed E-state index contributed by atoms with van der Waals surface area (Å²) in [7, 11) is 0. The van der Waals surface area contributed by atoms with Gasteiger partial charge in [0.25, 0.3) is 0 Å². The summed E-state index contributed by atoms with van der Waals surface area (Å²) < 4.78 is 0.505. The first-order valence-electron chi connectivity index (χ1n) is 9.84. The van der Waals surface area contributed by atoms with E-state index in [1.807, 2.05) is 0 Å². The van der Waals surface area contributed by atoms with Crippen molar-refractivity contribution in [3.63, 3.8) is 0 Å². The van der Waals surface area contributed by atoms with E-state index in [1.165, 1.54) is 62.6 Å². The molecule has 4 fully saturated rings. The van der Waals surface area contributed by atoms with Crippen molar-refractivity contribution in [3.8, 4) is 0 Å². The highest BCUT2D eigenvalue weighted by molar-refractivity contribution is 8.21. The van der Waals surface area contributed by atoms with Crippen molar-refractivity contribution in [3.05, 3.63) is 35.9 Å². The van der Waals surface area contributed by atoms with Crippen molar-refractivity contribution < 1.29 is 0 Å². The van der Waals surface area contributed by atoms with Gasteiger partial charge < -0.3 is 0 Å². The molecule has 0 amide bonds. The van der Waals surface area contributed by atoms with Gasteiger partial charge in [0.2, 0.25) is 0 Å². The van der Waals surface area contributed by atoms with E-state index in [-0.39, 0.29) is 0 Å². The third-order valence-corrected chi connectivity index (χ3v) is 10.3. The number of thioether (sulfide) groups is 2. The maximum absolute atomic E-state index is 3.78. The Hall–Kier alpha value is -0.200. The minimum Gasteiger partial charge on any atom is -0.298 e. The predicted molar refractivity (Wildman–Crippen MR) is 109 cm³/mol. The van der Waals surface area contributed by atoms with Gasteiger partial charge in [0.15, 0.2) is 0 Å². The Kier molecular flexibility index (Phi) is 4.80. The van der Waals surface area contributed by atoms with Gasteiger partial charge in [0.1, 0.15) is 0 Å². The number of nitrogens with one attached hydrogen (secondary N) is 1. The Morgan fingerprint density at radius 3 is 2.28 bits per heavy atom. The van der Waals surface area contributed by atoms with Crippen LogP contribution in [0.15, 0.2) is 30.3 Å². The highest BCUT2D eigenvalue weighted by Gasteiger charge is 2.55. The fraction of sp³-hybridized carbons (Fsp3) is 0.700. The van der Waals surface area contributed by atoms with Crippen LogP contribution in [-0.4, -0.2) is 58.2 Å². The quantitative estimate of drug-likeness (QED) is 0.850. The fourth-order valence-corrected chi connectivity index (χ4v) is 8.53. The van der Waals surface area contributed by atoms with Gasteiger partial charge in [-0.25, -0.2) is 5.01 Å². The summed E-state index contributed by atoms with van der Waals surface area (Å²) in [4.78, 5) is 2.73. The van der Waals surface area contributed by atoms with Crippen molar-refractivity contribution in [1.29, 1.82) is 0 Å². The Balaban J connectivity index is 1.29. The van der Waals surface area contributed by atoms with Gasteiger partial charge in [0.05, 0.1) is 4.08 Å². The van der Waals surface area contributed by atoms with E-state index in [0.717, 1.165) is 24.3 Å². The lowest BCUT2D eigenvalue weighted by Crippen LogP contribution is -2.65. The number of hydrogen-bond acceptors (Lipinski definition) is 5. The predicted octanol–water partition coefficient (Wildman–Crippen LogP) is 3.14. The molecule has 3 heterocycles. The number of likely N-dealkylation sites (tertiary alicyclic amines) is 1. The Morgan fingerprint density at radius 1 is 0.960 bits per heavy atom. The van der Waals surface area contributed by atoms with Crippen LogP contribution in [0.3, 0.4) is 0 Å². The molecular formula is C20H29N3S2. The molecule has 1 aliphatic carbocycles. The summed E-state index contributed by atoms with van der Waals surface area (Å²) >= 11 is 4.57. The summed E-state index contributed by atoms with van der Waals surface area (Å²) in [5.74, 6) is 5.24. The smallest absolute Gasteiger partial charge is 0.0717 e. The molecule has 3 nitrogen and oxygen atoms in total. The Bertz CT molecular complexity index is 568. The minimum absolute atomic E-state index is 0.505. The lowest BCUT2D eigenvalue weighted by molar-refractivity contribution is -0.000571. The standard InChI is InChI=1S/C20H29N3S2/c1-2-4-17(5-3-1)11-22-12-18-14-23(21-10-16-6-7-16)15-19(13-22)20(18)24-8-9-25-20/h1-5,16,18-19,21H,6-15H2. The molecule has 3 saturated heterocycles. The Morgan fingerprint density at radius 2 is 1.64 bits per heavy atom. The van der Waals surface area contributed by atoms with E-state index in [9.17, 15) is 0 Å². The topological polar surface area (TPSA) is 18.5 Å². The van der Waals surface area contributed by atoms with Crippen molar-refractivity contribution in [1.82, 2.24) is 15.3 Å². The molecule has 0 aromatic heterocycles. The van der Waals surface area contributed by atoms with Crippen LogP contribution >= 0.6 is 23.5 Å². The van der Waals surface area contributed by atoms with Crippen LogP contribution in [0, 0.1) is 17.8 Å². The van der Waals surface area contributed by atoms with E-state index >= 15 is 0 Å². The number of hydrazine groups is 1. The third kappa shape index (κ3) is 3.51. The second-order valence-electron chi connectivity index (χ2n) is 8.20. The molecule has 1 N–H and O–H groups in total. The van der Waals surface area contributed by atoms with Gasteiger partial charge in [-0.3, -0.25) is 10.3 Å². The molecule has 2 atom stereocenters. The first-order chi connectivity index (χ1) is 12.3. The molecule has 1 saturated carbocycles. The second-order valence-corrected chi connectivity index (χ2v) is 11.2. The molecule has 2 bridgehead atoms. The zero-order valence-electron chi connectivity index (χ0n) is 14.9. The molecule has 5 rings (SSSR count). The summed E-state index contributed by atoms with van der Waals surface area (Å²) in [6.07, 6.45) is 2.88. The number of hydrogen-bond donors (Lipinski definition) is 1. The van der Waals surface area contributed by atoms with Crippen LogP contribution in [0.5, 0.6) is 0 Å².